The van der Waals surface area contributed by atoms with E-state index in [2.05, 4.69) is 10.3 Å². The molecule has 1 aromatic heterocycles. The summed E-state index contributed by atoms with van der Waals surface area (Å²) >= 11 is 0. The van der Waals surface area contributed by atoms with Crippen LogP contribution in [-0.4, -0.2) is 45.9 Å². The zero-order chi connectivity index (χ0) is 16.4. The van der Waals surface area contributed by atoms with Crippen LogP contribution in [0.2, 0.25) is 0 Å². The Morgan fingerprint density at radius 1 is 1.35 bits per heavy atom. The summed E-state index contributed by atoms with van der Waals surface area (Å²) in [6.45, 7) is 3.23. The smallest absolute Gasteiger partial charge is 0.261 e. The molecule has 0 bridgehead atoms. The molecule has 1 fully saturated rings. The van der Waals surface area contributed by atoms with Gasteiger partial charge in [-0.15, -0.1) is 0 Å². The summed E-state index contributed by atoms with van der Waals surface area (Å²) in [5, 5.41) is 3.23. The van der Waals surface area contributed by atoms with Crippen LogP contribution in [0.4, 0.5) is 0 Å². The van der Waals surface area contributed by atoms with Gasteiger partial charge in [0.25, 0.3) is 5.56 Å². The van der Waals surface area contributed by atoms with Crippen molar-refractivity contribution in [2.45, 2.75) is 19.9 Å². The highest BCUT2D eigenvalue weighted by Gasteiger charge is 2.20. The summed E-state index contributed by atoms with van der Waals surface area (Å²) in [7, 11) is 0. The van der Waals surface area contributed by atoms with E-state index in [0.717, 1.165) is 5.56 Å². The maximum Gasteiger partial charge on any atom is 0.261 e. The molecular formula is C16H18N4O3. The van der Waals surface area contributed by atoms with Crippen LogP contribution in [0.3, 0.4) is 0 Å². The van der Waals surface area contributed by atoms with Crippen molar-refractivity contribution in [1.29, 1.82) is 0 Å². The average Bonchev–Trinajstić information content (AvgIpc) is 2.55. The van der Waals surface area contributed by atoms with E-state index in [0.29, 0.717) is 24.0 Å². The van der Waals surface area contributed by atoms with Crippen molar-refractivity contribution < 1.29 is 9.59 Å². The van der Waals surface area contributed by atoms with Gasteiger partial charge in [-0.1, -0.05) is 12.1 Å². The average molecular weight is 314 g/mol. The number of nitrogens with one attached hydrogen (secondary N) is 1. The van der Waals surface area contributed by atoms with Crippen LogP contribution in [0.5, 0.6) is 0 Å². The first-order chi connectivity index (χ1) is 11.1. The molecule has 2 amide bonds. The number of piperazine rings is 1. The second kappa shape index (κ2) is 6.20. The number of aryl methyl sites for hydroxylation is 2. The Morgan fingerprint density at radius 3 is 2.96 bits per heavy atom. The molecule has 1 saturated heterocycles. The van der Waals surface area contributed by atoms with Crippen molar-refractivity contribution in [2.24, 2.45) is 0 Å². The van der Waals surface area contributed by atoms with Gasteiger partial charge in [-0.3, -0.25) is 19.0 Å². The summed E-state index contributed by atoms with van der Waals surface area (Å²) in [6.07, 6.45) is 1.65. The molecule has 1 aliphatic heterocycles. The first-order valence-electron chi connectivity index (χ1n) is 7.55. The Labute approximate surface area is 132 Å². The molecule has 1 aromatic carbocycles. The third kappa shape index (κ3) is 3.08. The zero-order valence-electron chi connectivity index (χ0n) is 12.9. The second-order valence-electron chi connectivity index (χ2n) is 5.63. The zero-order valence-corrected chi connectivity index (χ0v) is 12.9. The highest BCUT2D eigenvalue weighted by Crippen LogP contribution is 2.11. The van der Waals surface area contributed by atoms with Gasteiger partial charge in [0, 0.05) is 26.1 Å². The van der Waals surface area contributed by atoms with Crippen molar-refractivity contribution >= 4 is 22.7 Å². The molecule has 2 heterocycles. The number of rotatable bonds is 3. The molecule has 2 aromatic rings. The van der Waals surface area contributed by atoms with Gasteiger partial charge in [0.2, 0.25) is 11.8 Å². The third-order valence-electron chi connectivity index (χ3n) is 4.01. The first-order valence-corrected chi connectivity index (χ1v) is 7.55. The van der Waals surface area contributed by atoms with E-state index in [1.807, 2.05) is 19.1 Å². The van der Waals surface area contributed by atoms with Gasteiger partial charge in [-0.05, 0) is 18.6 Å². The number of para-hydroxylation sites is 1. The highest BCUT2D eigenvalue weighted by atomic mass is 16.2. The SMILES string of the molecule is Cc1cccc2c(=O)n(CCC(=O)N3CCNC(=O)C3)cnc12. The van der Waals surface area contributed by atoms with Crippen molar-refractivity contribution in [3.8, 4) is 0 Å². The Kier molecular flexibility index (Phi) is 4.10. The number of aromatic nitrogens is 2. The number of nitrogens with zero attached hydrogens (tertiary/aromatic N) is 3. The lowest BCUT2D eigenvalue weighted by Crippen LogP contribution is -2.50. The van der Waals surface area contributed by atoms with Gasteiger partial charge in [-0.25, -0.2) is 4.98 Å². The molecule has 1 aliphatic rings. The third-order valence-corrected chi connectivity index (χ3v) is 4.01. The predicted octanol–water partition coefficient (Wildman–Crippen LogP) is 0.0534. The predicted molar refractivity (Wildman–Crippen MR) is 84.9 cm³/mol. The Hall–Kier alpha value is -2.70. The Balaban J connectivity index is 1.75. The summed E-state index contributed by atoms with van der Waals surface area (Å²) in [5.41, 5.74) is 1.48. The quantitative estimate of drug-likeness (QED) is 0.868. The summed E-state index contributed by atoms with van der Waals surface area (Å²) < 4.78 is 1.45. The summed E-state index contributed by atoms with van der Waals surface area (Å²) in [4.78, 5) is 41.8. The molecule has 0 atom stereocenters. The fourth-order valence-electron chi connectivity index (χ4n) is 2.72. The number of benzene rings is 1. The van der Waals surface area contributed by atoms with Gasteiger partial charge in [-0.2, -0.15) is 0 Å². The van der Waals surface area contributed by atoms with E-state index in [1.165, 1.54) is 15.8 Å². The highest BCUT2D eigenvalue weighted by molar-refractivity contribution is 5.86. The Bertz CT molecular complexity index is 828. The van der Waals surface area contributed by atoms with E-state index in [1.54, 1.807) is 6.07 Å². The minimum atomic E-state index is -0.150. The second-order valence-corrected chi connectivity index (χ2v) is 5.63. The maximum atomic E-state index is 12.5. The fourth-order valence-corrected chi connectivity index (χ4v) is 2.72. The van der Waals surface area contributed by atoms with Gasteiger partial charge < -0.3 is 10.2 Å². The van der Waals surface area contributed by atoms with E-state index in [4.69, 9.17) is 0 Å². The molecule has 7 heteroatoms. The monoisotopic (exact) mass is 314 g/mol. The summed E-state index contributed by atoms with van der Waals surface area (Å²) in [6, 6.07) is 5.47. The standard InChI is InChI=1S/C16H18N4O3/c1-11-3-2-4-12-15(11)18-10-20(16(12)23)7-5-14(22)19-8-6-17-13(21)9-19/h2-4,10H,5-9H2,1H3,(H,17,21). The lowest BCUT2D eigenvalue weighted by molar-refractivity contribution is -0.138. The summed E-state index contributed by atoms with van der Waals surface area (Å²) in [5.74, 6) is -0.277. The first kappa shape index (κ1) is 15.2. The molecule has 0 spiro atoms. The molecule has 1 N–H and O–H groups in total. The van der Waals surface area contributed by atoms with Crippen LogP contribution in [0.1, 0.15) is 12.0 Å². The lowest BCUT2D eigenvalue weighted by Gasteiger charge is -2.26. The van der Waals surface area contributed by atoms with Crippen molar-refractivity contribution in [1.82, 2.24) is 19.8 Å². The van der Waals surface area contributed by atoms with Gasteiger partial charge in [0.05, 0.1) is 23.8 Å². The van der Waals surface area contributed by atoms with Crippen LogP contribution in [0.15, 0.2) is 29.3 Å². The normalized spacial score (nSPS) is 14.8. The van der Waals surface area contributed by atoms with Crippen LogP contribution < -0.4 is 10.9 Å². The van der Waals surface area contributed by atoms with Crippen LogP contribution >= 0.6 is 0 Å². The van der Waals surface area contributed by atoms with E-state index in [9.17, 15) is 14.4 Å². The van der Waals surface area contributed by atoms with E-state index in [-0.39, 0.29) is 36.9 Å². The number of carbonyl (C=O) groups is 2. The van der Waals surface area contributed by atoms with E-state index >= 15 is 0 Å². The van der Waals surface area contributed by atoms with Crippen LogP contribution in [0, 0.1) is 6.92 Å². The maximum absolute atomic E-state index is 12.5. The van der Waals surface area contributed by atoms with Crippen LogP contribution in [0.25, 0.3) is 10.9 Å². The minimum Gasteiger partial charge on any atom is -0.353 e. The number of hydrogen-bond acceptors (Lipinski definition) is 4. The van der Waals surface area contributed by atoms with E-state index < -0.39 is 0 Å². The topological polar surface area (TPSA) is 84.3 Å². The number of fused-ring (bicyclic) bond motifs is 1. The van der Waals surface area contributed by atoms with Crippen molar-refractivity contribution in [3.05, 3.63) is 40.4 Å². The molecule has 0 radical (unpaired) electrons. The van der Waals surface area contributed by atoms with Crippen molar-refractivity contribution in [2.75, 3.05) is 19.6 Å². The molecule has 0 aliphatic carbocycles. The largest absolute Gasteiger partial charge is 0.353 e. The molecule has 23 heavy (non-hydrogen) atoms. The minimum absolute atomic E-state index is 0.0862. The van der Waals surface area contributed by atoms with Crippen molar-refractivity contribution in [3.63, 3.8) is 0 Å². The molecular weight excluding hydrogens is 296 g/mol. The lowest BCUT2D eigenvalue weighted by atomic mass is 10.1. The van der Waals surface area contributed by atoms with Gasteiger partial charge >= 0.3 is 0 Å². The molecule has 0 saturated carbocycles. The number of amides is 2. The molecule has 0 unspecified atom stereocenters. The molecule has 3 rings (SSSR count). The number of carbonyl (C=O) groups excluding carboxylic acids is 2. The van der Waals surface area contributed by atoms with Gasteiger partial charge in [0.15, 0.2) is 0 Å². The molecule has 120 valence electrons. The number of hydrogen-bond donors (Lipinski definition) is 1. The van der Waals surface area contributed by atoms with Crippen LogP contribution in [-0.2, 0) is 16.1 Å². The fraction of sp³-hybridized carbons (Fsp3) is 0.375. The Morgan fingerprint density at radius 2 is 2.17 bits per heavy atom. The van der Waals surface area contributed by atoms with Gasteiger partial charge in [0.1, 0.15) is 0 Å². The molecule has 7 nitrogen and oxygen atoms in total.